The number of H-pyrrole nitrogens is 1. The smallest absolute Gasteiger partial charge is 0.265 e. The second-order valence-corrected chi connectivity index (χ2v) is 7.99. The number of nitrogens with one attached hydrogen (secondary N) is 2. The number of anilines is 1. The maximum atomic E-state index is 12.7. The van der Waals surface area contributed by atoms with Crippen LogP contribution in [-0.4, -0.2) is 55.2 Å². The van der Waals surface area contributed by atoms with Gasteiger partial charge in [-0.3, -0.25) is 14.6 Å². The lowest BCUT2D eigenvalue weighted by Gasteiger charge is -2.33. The number of morpholine rings is 1. The van der Waals surface area contributed by atoms with Crippen LogP contribution in [0.15, 0.2) is 29.2 Å². The number of sulfonamides is 1. The van der Waals surface area contributed by atoms with Crippen molar-refractivity contribution in [3.8, 4) is 0 Å². The Kier molecular flexibility index (Phi) is 5.01. The number of nitrogens with zero attached hydrogens (tertiary/aromatic N) is 2. The molecule has 8 nitrogen and oxygen atoms in total. The molecule has 26 heavy (non-hydrogen) atoms. The van der Waals surface area contributed by atoms with E-state index in [-0.39, 0.29) is 16.8 Å². The van der Waals surface area contributed by atoms with E-state index in [1.807, 2.05) is 6.92 Å². The third-order valence-corrected chi connectivity index (χ3v) is 5.96. The van der Waals surface area contributed by atoms with Gasteiger partial charge in [0.05, 0.1) is 30.6 Å². The number of carbonyl (C=O) groups is 1. The van der Waals surface area contributed by atoms with Crippen molar-refractivity contribution in [1.29, 1.82) is 0 Å². The van der Waals surface area contributed by atoms with Crippen LogP contribution in [0, 0.1) is 13.8 Å². The van der Waals surface area contributed by atoms with Crippen LogP contribution in [0.2, 0.25) is 0 Å². The molecule has 3 rings (SSSR count). The Morgan fingerprint density at radius 2 is 2.15 bits per heavy atom. The molecule has 2 heterocycles. The van der Waals surface area contributed by atoms with Crippen molar-refractivity contribution in [1.82, 2.24) is 15.1 Å². The summed E-state index contributed by atoms with van der Waals surface area (Å²) in [6.07, 6.45) is 0. The number of aromatic amines is 1. The Bertz CT molecular complexity index is 903. The molecule has 0 radical (unpaired) electrons. The summed E-state index contributed by atoms with van der Waals surface area (Å²) in [6.45, 7) is 6.71. The summed E-state index contributed by atoms with van der Waals surface area (Å²) in [5.74, 6) is -0.141. The van der Waals surface area contributed by atoms with E-state index in [4.69, 9.17) is 4.74 Å². The minimum Gasteiger partial charge on any atom is -0.377 e. The van der Waals surface area contributed by atoms with Crippen LogP contribution in [0.3, 0.4) is 0 Å². The second-order valence-electron chi connectivity index (χ2n) is 6.37. The topological polar surface area (TPSA) is 104 Å². The predicted molar refractivity (Wildman–Crippen MR) is 96.6 cm³/mol. The molecule has 1 amide bonds. The molecule has 1 atom stereocenters. The largest absolute Gasteiger partial charge is 0.377 e. The van der Waals surface area contributed by atoms with Gasteiger partial charge in [0.1, 0.15) is 4.90 Å². The fraction of sp³-hybridized carbons (Fsp3) is 0.412. The van der Waals surface area contributed by atoms with Crippen LogP contribution in [0.4, 0.5) is 5.69 Å². The van der Waals surface area contributed by atoms with Crippen LogP contribution in [0.5, 0.6) is 0 Å². The molecule has 2 N–H and O–H groups in total. The minimum atomic E-state index is -3.80. The van der Waals surface area contributed by atoms with Gasteiger partial charge in [-0.15, -0.1) is 0 Å². The van der Waals surface area contributed by atoms with Crippen molar-refractivity contribution in [3.05, 3.63) is 41.2 Å². The van der Waals surface area contributed by atoms with E-state index in [0.29, 0.717) is 42.4 Å². The van der Waals surface area contributed by atoms with Crippen molar-refractivity contribution in [2.45, 2.75) is 31.7 Å². The third kappa shape index (κ3) is 3.58. The fourth-order valence-electron chi connectivity index (χ4n) is 3.05. The number of hydrogen-bond donors (Lipinski definition) is 2. The van der Waals surface area contributed by atoms with Gasteiger partial charge in [0.2, 0.25) is 0 Å². The molecule has 9 heteroatoms. The van der Waals surface area contributed by atoms with Crippen molar-refractivity contribution < 1.29 is 17.9 Å². The fourth-order valence-corrected chi connectivity index (χ4v) is 4.48. The Balaban J connectivity index is 1.85. The molecule has 0 aliphatic carbocycles. The summed E-state index contributed by atoms with van der Waals surface area (Å²) in [6, 6.07) is 6.48. The number of aryl methyl sites for hydroxylation is 2. The summed E-state index contributed by atoms with van der Waals surface area (Å²) in [7, 11) is -3.80. The first kappa shape index (κ1) is 18.4. The number of rotatable bonds is 4. The van der Waals surface area contributed by atoms with Gasteiger partial charge in [-0.1, -0.05) is 6.07 Å². The van der Waals surface area contributed by atoms with E-state index < -0.39 is 10.0 Å². The quantitative estimate of drug-likeness (QED) is 0.842. The van der Waals surface area contributed by atoms with Crippen LogP contribution in [-0.2, 0) is 14.8 Å². The number of carbonyl (C=O) groups excluding carboxylic acids is 1. The highest BCUT2D eigenvalue weighted by atomic mass is 32.2. The SMILES string of the molecule is Cc1n[nH]c(C)c1S(=O)(=O)Nc1cccc(C(=O)N2CCOCC2C)c1. The van der Waals surface area contributed by atoms with Crippen molar-refractivity contribution in [3.63, 3.8) is 0 Å². The minimum absolute atomic E-state index is 0.0205. The third-order valence-electron chi connectivity index (χ3n) is 4.32. The molecule has 140 valence electrons. The normalized spacial score (nSPS) is 18.0. The number of hydrogen-bond acceptors (Lipinski definition) is 5. The highest BCUT2D eigenvalue weighted by Gasteiger charge is 2.26. The first-order valence-corrected chi connectivity index (χ1v) is 9.81. The highest BCUT2D eigenvalue weighted by molar-refractivity contribution is 7.92. The summed E-state index contributed by atoms with van der Waals surface area (Å²) < 4.78 is 33.2. The zero-order valence-electron chi connectivity index (χ0n) is 14.9. The average molecular weight is 378 g/mol. The maximum Gasteiger partial charge on any atom is 0.265 e. The van der Waals surface area contributed by atoms with E-state index in [1.54, 1.807) is 43.0 Å². The molecule has 2 aromatic rings. The predicted octanol–water partition coefficient (Wildman–Crippen LogP) is 1.69. The van der Waals surface area contributed by atoms with E-state index in [0.717, 1.165) is 0 Å². The number of ether oxygens (including phenoxy) is 1. The number of benzene rings is 1. The molecule has 0 spiro atoms. The Labute approximate surface area is 152 Å². The Morgan fingerprint density at radius 3 is 2.81 bits per heavy atom. The molecule has 1 aliphatic rings. The maximum absolute atomic E-state index is 12.7. The van der Waals surface area contributed by atoms with Gasteiger partial charge in [0.15, 0.2) is 0 Å². The van der Waals surface area contributed by atoms with Gasteiger partial charge in [-0.05, 0) is 39.0 Å². The second kappa shape index (κ2) is 7.08. The zero-order chi connectivity index (χ0) is 18.9. The molecular weight excluding hydrogens is 356 g/mol. The molecule has 0 saturated carbocycles. The molecule has 1 saturated heterocycles. The standard InChI is InChI=1S/C17H22N4O4S/c1-11-10-25-8-7-21(11)17(22)14-5-4-6-15(9-14)20-26(23,24)16-12(2)18-19-13(16)3/h4-6,9,11,20H,7-8,10H2,1-3H3,(H,18,19). The van der Waals surface area contributed by atoms with Gasteiger partial charge in [-0.2, -0.15) is 5.10 Å². The number of amides is 1. The van der Waals surface area contributed by atoms with E-state index in [1.165, 1.54) is 0 Å². The van der Waals surface area contributed by atoms with Crippen LogP contribution < -0.4 is 4.72 Å². The van der Waals surface area contributed by atoms with Crippen molar-refractivity contribution >= 4 is 21.6 Å². The lowest BCUT2D eigenvalue weighted by molar-refractivity contribution is 0.00360. The van der Waals surface area contributed by atoms with Crippen LogP contribution >= 0.6 is 0 Å². The highest BCUT2D eigenvalue weighted by Crippen LogP contribution is 2.22. The molecule has 1 fully saturated rings. The van der Waals surface area contributed by atoms with Crippen molar-refractivity contribution in [2.24, 2.45) is 0 Å². The molecular formula is C17H22N4O4S. The van der Waals surface area contributed by atoms with E-state index >= 15 is 0 Å². The molecule has 1 aromatic carbocycles. The Morgan fingerprint density at radius 1 is 1.38 bits per heavy atom. The average Bonchev–Trinajstić information content (AvgIpc) is 2.94. The van der Waals surface area contributed by atoms with Crippen LogP contribution in [0.1, 0.15) is 28.7 Å². The molecule has 1 aromatic heterocycles. The molecule has 0 bridgehead atoms. The van der Waals surface area contributed by atoms with Gasteiger partial charge < -0.3 is 9.64 Å². The van der Waals surface area contributed by atoms with Gasteiger partial charge >= 0.3 is 0 Å². The first-order chi connectivity index (χ1) is 12.3. The summed E-state index contributed by atoms with van der Waals surface area (Å²) >= 11 is 0. The summed E-state index contributed by atoms with van der Waals surface area (Å²) in [5, 5.41) is 6.59. The number of aromatic nitrogens is 2. The lowest BCUT2D eigenvalue weighted by Crippen LogP contribution is -2.47. The summed E-state index contributed by atoms with van der Waals surface area (Å²) in [4.78, 5) is 14.6. The monoisotopic (exact) mass is 378 g/mol. The van der Waals surface area contributed by atoms with Gasteiger partial charge in [-0.25, -0.2) is 8.42 Å². The van der Waals surface area contributed by atoms with Crippen molar-refractivity contribution in [2.75, 3.05) is 24.5 Å². The van der Waals surface area contributed by atoms with E-state index in [9.17, 15) is 13.2 Å². The zero-order valence-corrected chi connectivity index (χ0v) is 15.8. The first-order valence-electron chi connectivity index (χ1n) is 8.33. The summed E-state index contributed by atoms with van der Waals surface area (Å²) in [5.41, 5.74) is 1.62. The lowest BCUT2D eigenvalue weighted by atomic mass is 10.1. The Hall–Kier alpha value is -2.39. The van der Waals surface area contributed by atoms with E-state index in [2.05, 4.69) is 14.9 Å². The van der Waals surface area contributed by atoms with Gasteiger partial charge in [0.25, 0.3) is 15.9 Å². The van der Waals surface area contributed by atoms with Gasteiger partial charge in [0, 0.05) is 17.8 Å². The molecule has 1 aliphatic heterocycles. The van der Waals surface area contributed by atoms with Crippen LogP contribution in [0.25, 0.3) is 0 Å². The molecule has 1 unspecified atom stereocenters.